The lowest BCUT2D eigenvalue weighted by Gasteiger charge is -2.15. The Labute approximate surface area is 129 Å². The van der Waals surface area contributed by atoms with Gasteiger partial charge in [-0.15, -0.1) is 11.6 Å². The predicted molar refractivity (Wildman–Crippen MR) is 92.3 cm³/mol. The Balaban J connectivity index is 2.44. The van der Waals surface area contributed by atoms with Crippen molar-refractivity contribution in [3.63, 3.8) is 0 Å². The van der Waals surface area contributed by atoms with E-state index >= 15 is 0 Å². The molecule has 0 saturated carbocycles. The molecule has 0 amide bonds. The first-order valence-corrected chi connectivity index (χ1v) is 7.61. The average Bonchev–Trinajstić information content (AvgIpc) is 2.52. The van der Waals surface area contributed by atoms with Gasteiger partial charge in [0.2, 0.25) is 0 Å². The van der Waals surface area contributed by atoms with Crippen LogP contribution < -0.4 is 4.74 Å². The van der Waals surface area contributed by atoms with Crippen LogP contribution in [0.5, 0.6) is 5.75 Å². The molecule has 0 radical (unpaired) electrons. The topological polar surface area (TPSA) is 9.23 Å². The highest BCUT2D eigenvalue weighted by atomic mass is 35.5. The van der Waals surface area contributed by atoms with Gasteiger partial charge in [-0.25, -0.2) is 0 Å². The second-order valence-corrected chi connectivity index (χ2v) is 5.23. The fourth-order valence-electron chi connectivity index (χ4n) is 2.76. The molecule has 0 atom stereocenters. The van der Waals surface area contributed by atoms with Gasteiger partial charge in [0, 0.05) is 5.56 Å². The second-order valence-electron chi connectivity index (χ2n) is 4.96. The van der Waals surface area contributed by atoms with Gasteiger partial charge in [-0.2, -0.15) is 0 Å². The van der Waals surface area contributed by atoms with Gasteiger partial charge in [-0.3, -0.25) is 0 Å². The summed E-state index contributed by atoms with van der Waals surface area (Å²) in [5.74, 6) is 1.28. The zero-order chi connectivity index (χ0) is 14.8. The Hall–Kier alpha value is -1.99. The van der Waals surface area contributed by atoms with Crippen LogP contribution in [0, 0.1) is 0 Å². The fourth-order valence-corrected chi connectivity index (χ4v) is 3.03. The molecule has 0 fully saturated rings. The van der Waals surface area contributed by atoms with E-state index in [1.165, 1.54) is 16.2 Å². The van der Waals surface area contributed by atoms with Gasteiger partial charge in [-0.1, -0.05) is 36.9 Å². The minimum absolute atomic E-state index is 0.432. The molecule has 3 aromatic carbocycles. The third kappa shape index (κ3) is 2.38. The van der Waals surface area contributed by atoms with Crippen LogP contribution in [-0.2, 0) is 5.88 Å². The van der Waals surface area contributed by atoms with E-state index in [0.29, 0.717) is 12.5 Å². The summed E-state index contributed by atoms with van der Waals surface area (Å²) in [6.45, 7) is 6.54. The quantitative estimate of drug-likeness (QED) is 0.438. The Morgan fingerprint density at radius 2 is 1.76 bits per heavy atom. The molecule has 0 heterocycles. The molecule has 3 aromatic rings. The van der Waals surface area contributed by atoms with Gasteiger partial charge in [0.15, 0.2) is 0 Å². The molecule has 0 aliphatic heterocycles. The van der Waals surface area contributed by atoms with Crippen molar-refractivity contribution >= 4 is 39.2 Å². The number of fused-ring (bicyclic) bond motifs is 2. The van der Waals surface area contributed by atoms with E-state index in [0.717, 1.165) is 22.3 Å². The van der Waals surface area contributed by atoms with E-state index in [1.807, 2.05) is 19.1 Å². The van der Waals surface area contributed by atoms with Crippen molar-refractivity contribution in [2.45, 2.75) is 12.8 Å². The first kappa shape index (κ1) is 14.0. The van der Waals surface area contributed by atoms with E-state index in [4.69, 9.17) is 16.3 Å². The second kappa shape index (κ2) is 5.79. The molecule has 3 rings (SSSR count). The van der Waals surface area contributed by atoms with Crippen molar-refractivity contribution < 1.29 is 4.74 Å². The molecule has 0 saturated heterocycles. The lowest BCUT2D eigenvalue weighted by Crippen LogP contribution is -1.98. The molecular weight excluding hydrogens is 280 g/mol. The Morgan fingerprint density at radius 1 is 1.10 bits per heavy atom. The summed E-state index contributed by atoms with van der Waals surface area (Å²) in [6.07, 6.45) is 1.87. The molecule has 0 aromatic heterocycles. The Bertz CT molecular complexity index is 821. The zero-order valence-corrected chi connectivity index (χ0v) is 12.8. The number of hydrogen-bond acceptors (Lipinski definition) is 1. The Kier molecular flexibility index (Phi) is 3.85. The number of ether oxygens (including phenoxy) is 1. The van der Waals surface area contributed by atoms with E-state index in [2.05, 4.69) is 43.0 Å². The maximum absolute atomic E-state index is 6.19. The molecule has 0 spiro atoms. The number of rotatable bonds is 4. The van der Waals surface area contributed by atoms with E-state index in [-0.39, 0.29) is 0 Å². The molecular formula is C19H17ClO. The summed E-state index contributed by atoms with van der Waals surface area (Å²) < 4.78 is 5.76. The van der Waals surface area contributed by atoms with Crippen LogP contribution in [0.3, 0.4) is 0 Å². The summed E-state index contributed by atoms with van der Waals surface area (Å²) in [5, 5.41) is 4.74. The smallest absolute Gasteiger partial charge is 0.124 e. The third-order valence-corrected chi connectivity index (χ3v) is 4.03. The van der Waals surface area contributed by atoms with Crippen molar-refractivity contribution in [2.24, 2.45) is 0 Å². The minimum atomic E-state index is 0.432. The molecule has 21 heavy (non-hydrogen) atoms. The summed E-state index contributed by atoms with van der Waals surface area (Å²) in [6, 6.07) is 14.8. The number of halogens is 1. The minimum Gasteiger partial charge on any atom is -0.494 e. The van der Waals surface area contributed by atoms with E-state index in [9.17, 15) is 0 Å². The molecule has 0 bridgehead atoms. The monoisotopic (exact) mass is 296 g/mol. The van der Waals surface area contributed by atoms with Crippen LogP contribution in [0.2, 0.25) is 0 Å². The molecule has 0 unspecified atom stereocenters. The lowest BCUT2D eigenvalue weighted by atomic mass is 9.95. The van der Waals surface area contributed by atoms with Crippen LogP contribution >= 0.6 is 11.6 Å². The van der Waals surface area contributed by atoms with Crippen LogP contribution in [0.4, 0.5) is 0 Å². The summed E-state index contributed by atoms with van der Waals surface area (Å²) in [4.78, 5) is 0. The van der Waals surface area contributed by atoms with Gasteiger partial charge in [0.1, 0.15) is 5.75 Å². The van der Waals surface area contributed by atoms with Crippen molar-refractivity contribution in [1.82, 2.24) is 0 Å². The predicted octanol–water partition coefficient (Wildman–Crippen LogP) is 5.77. The van der Waals surface area contributed by atoms with Gasteiger partial charge in [-0.05, 0) is 52.2 Å². The van der Waals surface area contributed by atoms with E-state index in [1.54, 1.807) is 0 Å². The summed E-state index contributed by atoms with van der Waals surface area (Å²) in [7, 11) is 0. The van der Waals surface area contributed by atoms with Crippen molar-refractivity contribution in [2.75, 3.05) is 6.61 Å². The first-order chi connectivity index (χ1) is 10.3. The summed E-state index contributed by atoms with van der Waals surface area (Å²) >= 11 is 6.19. The molecule has 0 aliphatic carbocycles. The number of hydrogen-bond donors (Lipinski definition) is 0. The highest BCUT2D eigenvalue weighted by Gasteiger charge is 2.12. The van der Waals surface area contributed by atoms with Crippen LogP contribution in [-0.4, -0.2) is 6.61 Å². The van der Waals surface area contributed by atoms with Gasteiger partial charge >= 0.3 is 0 Å². The lowest BCUT2D eigenvalue weighted by molar-refractivity contribution is 0.338. The normalized spacial score (nSPS) is 11.0. The van der Waals surface area contributed by atoms with Crippen LogP contribution in [0.25, 0.3) is 27.6 Å². The highest BCUT2D eigenvalue weighted by Crippen LogP contribution is 2.35. The van der Waals surface area contributed by atoms with Crippen LogP contribution in [0.1, 0.15) is 18.1 Å². The maximum atomic E-state index is 6.19. The summed E-state index contributed by atoms with van der Waals surface area (Å²) in [5.41, 5.74) is 2.12. The largest absolute Gasteiger partial charge is 0.494 e. The standard InChI is InChI=1S/C19H17ClO/c1-3-13-11-19(21-4-2)18(12-20)17-10-15-8-6-5-7-14(15)9-16(13)17/h3,5-11H,1,4,12H2,2H3. The van der Waals surface area contributed by atoms with Gasteiger partial charge in [0.05, 0.1) is 12.5 Å². The molecule has 2 heteroatoms. The van der Waals surface area contributed by atoms with Crippen molar-refractivity contribution in [1.29, 1.82) is 0 Å². The highest BCUT2D eigenvalue weighted by molar-refractivity contribution is 6.19. The molecule has 1 nitrogen and oxygen atoms in total. The SMILES string of the molecule is C=Cc1cc(OCC)c(CCl)c2cc3ccccc3cc12. The number of benzene rings is 3. The maximum Gasteiger partial charge on any atom is 0.124 e. The fraction of sp³-hybridized carbons (Fsp3) is 0.158. The zero-order valence-electron chi connectivity index (χ0n) is 12.0. The van der Waals surface area contributed by atoms with Crippen molar-refractivity contribution in [3.8, 4) is 5.75 Å². The van der Waals surface area contributed by atoms with E-state index < -0.39 is 0 Å². The molecule has 0 aliphatic rings. The third-order valence-electron chi connectivity index (χ3n) is 3.76. The van der Waals surface area contributed by atoms with Crippen molar-refractivity contribution in [3.05, 3.63) is 60.2 Å². The first-order valence-electron chi connectivity index (χ1n) is 7.08. The van der Waals surface area contributed by atoms with Gasteiger partial charge in [0.25, 0.3) is 0 Å². The van der Waals surface area contributed by atoms with Crippen LogP contribution in [0.15, 0.2) is 49.0 Å². The van der Waals surface area contributed by atoms with Gasteiger partial charge < -0.3 is 4.74 Å². The Morgan fingerprint density at radius 3 is 2.33 bits per heavy atom. The number of alkyl halides is 1. The average molecular weight is 297 g/mol. The molecule has 106 valence electrons. The molecule has 0 N–H and O–H groups in total.